The molecule has 0 aromatic carbocycles. The highest BCUT2D eigenvalue weighted by atomic mass is 16.5. The molecule has 1 aliphatic rings. The van der Waals surface area contributed by atoms with E-state index < -0.39 is 0 Å². The number of hydrogen-bond acceptors (Lipinski definition) is 5. The number of aromatic nitrogens is 2. The highest BCUT2D eigenvalue weighted by Gasteiger charge is 2.24. The van der Waals surface area contributed by atoms with Gasteiger partial charge < -0.3 is 14.8 Å². The maximum Gasteiger partial charge on any atom is 0.0768 e. The van der Waals surface area contributed by atoms with Crippen LogP contribution in [0.4, 0.5) is 0 Å². The summed E-state index contributed by atoms with van der Waals surface area (Å²) < 4.78 is 11.0. The molecule has 0 amide bonds. The normalized spacial score (nSPS) is 21.7. The van der Waals surface area contributed by atoms with Gasteiger partial charge >= 0.3 is 0 Å². The zero-order chi connectivity index (χ0) is 15.2. The third kappa shape index (κ3) is 3.68. The summed E-state index contributed by atoms with van der Waals surface area (Å²) >= 11 is 0. The molecule has 5 nitrogen and oxygen atoms in total. The van der Waals surface area contributed by atoms with Crippen molar-refractivity contribution >= 4 is 0 Å². The van der Waals surface area contributed by atoms with E-state index in [1.807, 2.05) is 24.4 Å². The molecule has 0 spiro atoms. The van der Waals surface area contributed by atoms with Crippen molar-refractivity contribution in [2.75, 3.05) is 20.3 Å². The Morgan fingerprint density at radius 2 is 2.09 bits per heavy atom. The zero-order valence-corrected chi connectivity index (χ0v) is 12.7. The lowest BCUT2D eigenvalue weighted by atomic mass is 10.1. The molecule has 0 aliphatic carbocycles. The number of hydrogen-bond donors (Lipinski definition) is 1. The molecule has 1 saturated heterocycles. The second kappa shape index (κ2) is 7.45. The Bertz CT molecular complexity index is 574. The fourth-order valence-electron chi connectivity index (χ4n) is 2.67. The lowest BCUT2D eigenvalue weighted by Gasteiger charge is -2.31. The Hall–Kier alpha value is -1.82. The minimum absolute atomic E-state index is 0.213. The van der Waals surface area contributed by atoms with Crippen LogP contribution in [0.1, 0.15) is 12.1 Å². The van der Waals surface area contributed by atoms with Crippen molar-refractivity contribution in [3.05, 3.63) is 48.5 Å². The van der Waals surface area contributed by atoms with Gasteiger partial charge in [-0.1, -0.05) is 6.07 Å². The molecule has 0 bridgehead atoms. The molecule has 1 N–H and O–H groups in total. The first-order chi connectivity index (χ1) is 10.9. The molecule has 0 saturated carbocycles. The van der Waals surface area contributed by atoms with Crippen molar-refractivity contribution in [3.8, 4) is 11.1 Å². The van der Waals surface area contributed by atoms with Gasteiger partial charge in [0.15, 0.2) is 0 Å². The maximum absolute atomic E-state index is 5.51. The first-order valence-electron chi connectivity index (χ1n) is 7.56. The van der Waals surface area contributed by atoms with Crippen LogP contribution in [0.25, 0.3) is 11.1 Å². The molecule has 2 aromatic rings. The van der Waals surface area contributed by atoms with E-state index in [0.29, 0.717) is 13.2 Å². The van der Waals surface area contributed by atoms with Crippen LogP contribution in [0.5, 0.6) is 0 Å². The molecular formula is C17H21N3O2. The predicted octanol–water partition coefficient (Wildman–Crippen LogP) is 2.04. The molecule has 2 atom stereocenters. The van der Waals surface area contributed by atoms with E-state index in [2.05, 4.69) is 21.4 Å². The fourth-order valence-corrected chi connectivity index (χ4v) is 2.67. The second-order valence-electron chi connectivity index (χ2n) is 5.40. The largest absolute Gasteiger partial charge is 0.380 e. The molecule has 0 radical (unpaired) electrons. The van der Waals surface area contributed by atoms with Gasteiger partial charge in [-0.05, 0) is 30.2 Å². The molecule has 0 unspecified atom stereocenters. The van der Waals surface area contributed by atoms with Crippen LogP contribution in [0.15, 0.2) is 42.9 Å². The van der Waals surface area contributed by atoms with Gasteiger partial charge in [0.25, 0.3) is 0 Å². The van der Waals surface area contributed by atoms with Crippen molar-refractivity contribution in [2.45, 2.75) is 25.1 Å². The van der Waals surface area contributed by atoms with Gasteiger partial charge in [-0.3, -0.25) is 9.97 Å². The number of methoxy groups -OCH3 is 1. The Kier molecular flexibility index (Phi) is 5.11. The average Bonchev–Trinajstić information content (AvgIpc) is 2.61. The number of nitrogens with zero attached hydrogens (tertiary/aromatic N) is 2. The van der Waals surface area contributed by atoms with Gasteiger partial charge in [-0.25, -0.2) is 0 Å². The Morgan fingerprint density at radius 1 is 1.23 bits per heavy atom. The summed E-state index contributed by atoms with van der Waals surface area (Å²) in [5.74, 6) is 0. The van der Waals surface area contributed by atoms with Crippen LogP contribution >= 0.6 is 0 Å². The summed E-state index contributed by atoms with van der Waals surface area (Å²) in [7, 11) is 1.76. The minimum atomic E-state index is 0.213. The van der Waals surface area contributed by atoms with Crippen LogP contribution in [0, 0.1) is 0 Å². The van der Waals surface area contributed by atoms with E-state index in [0.717, 1.165) is 29.8 Å². The van der Waals surface area contributed by atoms with E-state index in [9.17, 15) is 0 Å². The first-order valence-corrected chi connectivity index (χ1v) is 7.56. The quantitative estimate of drug-likeness (QED) is 0.915. The topological polar surface area (TPSA) is 56.3 Å². The molecule has 1 aliphatic heterocycles. The number of rotatable bonds is 5. The summed E-state index contributed by atoms with van der Waals surface area (Å²) in [6, 6.07) is 8.33. The number of nitrogens with one attached hydrogen (secondary N) is 1. The van der Waals surface area contributed by atoms with Gasteiger partial charge in [0, 0.05) is 44.4 Å². The monoisotopic (exact) mass is 299 g/mol. The highest BCUT2D eigenvalue weighted by Crippen LogP contribution is 2.17. The van der Waals surface area contributed by atoms with Crippen molar-refractivity contribution in [1.82, 2.24) is 15.3 Å². The van der Waals surface area contributed by atoms with Crippen molar-refractivity contribution in [3.63, 3.8) is 0 Å². The van der Waals surface area contributed by atoms with Gasteiger partial charge in [-0.2, -0.15) is 0 Å². The van der Waals surface area contributed by atoms with E-state index in [1.165, 1.54) is 0 Å². The summed E-state index contributed by atoms with van der Waals surface area (Å²) in [4.78, 5) is 8.56. The molecule has 116 valence electrons. The number of pyridine rings is 2. The Morgan fingerprint density at radius 3 is 2.82 bits per heavy atom. The average molecular weight is 299 g/mol. The predicted molar refractivity (Wildman–Crippen MR) is 84.3 cm³/mol. The summed E-state index contributed by atoms with van der Waals surface area (Å²) in [5, 5.41) is 3.48. The van der Waals surface area contributed by atoms with Gasteiger partial charge in [0.05, 0.1) is 24.4 Å². The Balaban J connectivity index is 1.59. The zero-order valence-electron chi connectivity index (χ0n) is 12.7. The van der Waals surface area contributed by atoms with E-state index in [1.54, 1.807) is 19.5 Å². The molecule has 2 aromatic heterocycles. The molecule has 1 fully saturated rings. The third-order valence-electron chi connectivity index (χ3n) is 3.98. The summed E-state index contributed by atoms with van der Waals surface area (Å²) in [6.07, 6.45) is 6.63. The fraction of sp³-hybridized carbons (Fsp3) is 0.412. The van der Waals surface area contributed by atoms with Crippen LogP contribution in [-0.2, 0) is 16.0 Å². The van der Waals surface area contributed by atoms with E-state index in [4.69, 9.17) is 9.47 Å². The first kappa shape index (κ1) is 15.1. The van der Waals surface area contributed by atoms with Gasteiger partial charge in [0.2, 0.25) is 0 Å². The van der Waals surface area contributed by atoms with E-state index in [-0.39, 0.29) is 12.1 Å². The van der Waals surface area contributed by atoms with Gasteiger partial charge in [-0.15, -0.1) is 0 Å². The molecule has 3 heterocycles. The smallest absolute Gasteiger partial charge is 0.0768 e. The van der Waals surface area contributed by atoms with Crippen LogP contribution in [0.2, 0.25) is 0 Å². The lowest BCUT2D eigenvalue weighted by Crippen LogP contribution is -2.47. The van der Waals surface area contributed by atoms with Crippen molar-refractivity contribution in [2.24, 2.45) is 0 Å². The van der Waals surface area contributed by atoms with Crippen molar-refractivity contribution < 1.29 is 9.47 Å². The van der Waals surface area contributed by atoms with Crippen LogP contribution in [0.3, 0.4) is 0 Å². The van der Waals surface area contributed by atoms with Gasteiger partial charge in [0.1, 0.15) is 0 Å². The van der Waals surface area contributed by atoms with E-state index >= 15 is 0 Å². The van der Waals surface area contributed by atoms with Crippen LogP contribution in [-0.4, -0.2) is 42.4 Å². The maximum atomic E-state index is 5.51. The Labute approximate surface area is 130 Å². The summed E-state index contributed by atoms with van der Waals surface area (Å²) in [6.45, 7) is 2.17. The highest BCUT2D eigenvalue weighted by molar-refractivity contribution is 5.61. The molecule has 5 heteroatoms. The SMILES string of the molecule is CO[C@@H]1CCOC[C@H]1NCc1ccc(-c2ccncc2)cn1. The minimum Gasteiger partial charge on any atom is -0.380 e. The summed E-state index contributed by atoms with van der Waals surface area (Å²) in [5.41, 5.74) is 3.24. The third-order valence-corrected chi connectivity index (χ3v) is 3.98. The number of ether oxygens (including phenoxy) is 2. The molecule has 3 rings (SSSR count). The molecule has 22 heavy (non-hydrogen) atoms. The second-order valence-corrected chi connectivity index (χ2v) is 5.40. The lowest BCUT2D eigenvalue weighted by molar-refractivity contribution is -0.0374. The van der Waals surface area contributed by atoms with Crippen LogP contribution < -0.4 is 5.32 Å². The van der Waals surface area contributed by atoms with Crippen molar-refractivity contribution in [1.29, 1.82) is 0 Å². The molecular weight excluding hydrogens is 278 g/mol. The standard InChI is InChI=1S/C17H21N3O2/c1-21-17-6-9-22-12-16(17)20-11-15-3-2-14(10-19-15)13-4-7-18-8-5-13/h2-5,7-8,10,16-17,20H,6,9,11-12H2,1H3/t16-,17-/m1/s1.